The molecule has 2 aliphatic rings. The lowest BCUT2D eigenvalue weighted by atomic mass is 9.89. The lowest BCUT2D eigenvalue weighted by Gasteiger charge is -2.47. The van der Waals surface area contributed by atoms with Crippen molar-refractivity contribution in [2.24, 2.45) is 0 Å². The first-order valence-corrected chi connectivity index (χ1v) is 10.8. The van der Waals surface area contributed by atoms with E-state index in [-0.39, 0.29) is 18.7 Å². The van der Waals surface area contributed by atoms with Gasteiger partial charge in [0.05, 0.1) is 7.11 Å². The monoisotopic (exact) mass is 451 g/mol. The summed E-state index contributed by atoms with van der Waals surface area (Å²) in [6.45, 7) is 0.777. The number of hydrogen-bond acceptors (Lipinski definition) is 5. The number of nitrogens with zero attached hydrogens (tertiary/aromatic N) is 1. The average Bonchev–Trinajstić information content (AvgIpc) is 3.29. The van der Waals surface area contributed by atoms with Gasteiger partial charge in [-0.15, -0.1) is 0 Å². The van der Waals surface area contributed by atoms with E-state index in [4.69, 9.17) is 30.5 Å². The maximum absolute atomic E-state index is 13.1. The zero-order valence-electron chi connectivity index (χ0n) is 17.5. The second-order valence-electron chi connectivity index (χ2n) is 7.68. The molecule has 0 aliphatic carbocycles. The van der Waals surface area contributed by atoms with Gasteiger partial charge in [0, 0.05) is 11.6 Å². The molecule has 2 atom stereocenters. The molecule has 7 heteroatoms. The van der Waals surface area contributed by atoms with Crippen molar-refractivity contribution in [1.82, 2.24) is 4.90 Å². The summed E-state index contributed by atoms with van der Waals surface area (Å²) in [6, 6.07) is 20.5. The number of β-lactam (4-membered cyclic amide) rings is 1. The molecule has 0 spiro atoms. The van der Waals surface area contributed by atoms with E-state index in [1.807, 2.05) is 47.4 Å². The number of fused-ring (bicyclic) bond motifs is 1. The molecule has 1 fully saturated rings. The lowest BCUT2D eigenvalue weighted by molar-refractivity contribution is -0.164. The minimum absolute atomic E-state index is 0.0453. The van der Waals surface area contributed by atoms with Crippen molar-refractivity contribution in [2.75, 3.05) is 20.4 Å². The summed E-state index contributed by atoms with van der Waals surface area (Å²) >= 11 is 5.98. The van der Waals surface area contributed by atoms with Crippen molar-refractivity contribution in [3.63, 3.8) is 0 Å². The highest BCUT2D eigenvalue weighted by atomic mass is 35.5. The highest BCUT2D eigenvalue weighted by molar-refractivity contribution is 6.30. The molecule has 1 saturated heterocycles. The molecule has 0 radical (unpaired) electrons. The first-order chi connectivity index (χ1) is 15.6. The molecule has 3 aromatic carbocycles. The first-order valence-electron chi connectivity index (χ1n) is 10.4. The smallest absolute Gasteiger partial charge is 0.266 e. The van der Waals surface area contributed by atoms with Gasteiger partial charge in [-0.2, -0.15) is 0 Å². The van der Waals surface area contributed by atoms with Crippen LogP contribution in [-0.2, 0) is 11.2 Å². The molecule has 0 N–H and O–H groups in total. The maximum Gasteiger partial charge on any atom is 0.266 e. The van der Waals surface area contributed by atoms with Gasteiger partial charge in [-0.25, -0.2) is 0 Å². The summed E-state index contributed by atoms with van der Waals surface area (Å²) in [6.07, 6.45) is 0.109. The molecule has 0 aromatic heterocycles. The van der Waals surface area contributed by atoms with Crippen molar-refractivity contribution in [1.29, 1.82) is 0 Å². The second-order valence-corrected chi connectivity index (χ2v) is 8.12. The summed E-state index contributed by atoms with van der Waals surface area (Å²) in [5.74, 6) is 2.76. The number of methoxy groups -OCH3 is 1. The van der Waals surface area contributed by atoms with Crippen LogP contribution in [0.25, 0.3) is 0 Å². The first kappa shape index (κ1) is 20.5. The van der Waals surface area contributed by atoms with Crippen molar-refractivity contribution in [3.05, 3.63) is 82.9 Å². The third kappa shape index (κ3) is 3.94. The van der Waals surface area contributed by atoms with Crippen LogP contribution < -0.4 is 18.9 Å². The molecule has 2 aliphatic heterocycles. The average molecular weight is 452 g/mol. The Morgan fingerprint density at radius 2 is 1.69 bits per heavy atom. The van der Waals surface area contributed by atoms with Crippen molar-refractivity contribution in [2.45, 2.75) is 18.6 Å². The molecule has 3 aromatic rings. The van der Waals surface area contributed by atoms with Gasteiger partial charge in [0.15, 0.2) is 11.5 Å². The number of halogens is 1. The number of benzene rings is 3. The molecule has 1 amide bonds. The van der Waals surface area contributed by atoms with Gasteiger partial charge in [0.1, 0.15) is 17.5 Å². The Labute approximate surface area is 191 Å². The van der Waals surface area contributed by atoms with Crippen LogP contribution >= 0.6 is 11.6 Å². The van der Waals surface area contributed by atoms with E-state index in [9.17, 15) is 4.79 Å². The Morgan fingerprint density at radius 1 is 0.969 bits per heavy atom. The van der Waals surface area contributed by atoms with Gasteiger partial charge in [-0.1, -0.05) is 29.8 Å². The van der Waals surface area contributed by atoms with Gasteiger partial charge < -0.3 is 23.8 Å². The Morgan fingerprint density at radius 3 is 2.44 bits per heavy atom. The van der Waals surface area contributed by atoms with Crippen LogP contribution in [0.15, 0.2) is 66.7 Å². The Balaban J connectivity index is 1.37. The van der Waals surface area contributed by atoms with Crippen LogP contribution in [0, 0.1) is 0 Å². The summed E-state index contributed by atoms with van der Waals surface area (Å²) < 4.78 is 22.3. The molecule has 0 bridgehead atoms. The van der Waals surface area contributed by atoms with E-state index >= 15 is 0 Å². The van der Waals surface area contributed by atoms with E-state index in [0.717, 1.165) is 23.3 Å². The lowest BCUT2D eigenvalue weighted by Crippen LogP contribution is -2.61. The van der Waals surface area contributed by atoms with E-state index in [1.165, 1.54) is 0 Å². The number of amides is 1. The summed E-state index contributed by atoms with van der Waals surface area (Å²) in [7, 11) is 1.64. The normalized spacial score (nSPS) is 18.9. The standard InChI is InChI=1S/C25H22ClNO5/c1-29-19-7-2-16(3-8-19)12-13-27-23(17-4-11-21-22(14-17)31-15-30-21)24(25(27)28)32-20-9-5-18(26)6-10-20/h2-11,14,23-24H,12-13,15H2,1H3/t23-,24+/m0/s1. The van der Waals surface area contributed by atoms with Crippen LogP contribution in [0.1, 0.15) is 17.2 Å². The molecule has 5 rings (SSSR count). The largest absolute Gasteiger partial charge is 0.497 e. The molecular formula is C25H22ClNO5. The van der Waals surface area contributed by atoms with Gasteiger partial charge in [-0.05, 0) is 66.1 Å². The van der Waals surface area contributed by atoms with E-state index in [2.05, 4.69) is 0 Å². The Hall–Kier alpha value is -3.38. The fraction of sp³-hybridized carbons (Fsp3) is 0.240. The van der Waals surface area contributed by atoms with Gasteiger partial charge in [-0.3, -0.25) is 4.79 Å². The quantitative estimate of drug-likeness (QED) is 0.489. The predicted octanol–water partition coefficient (Wildman–Crippen LogP) is 4.65. The number of likely N-dealkylation sites (tertiary alicyclic amines) is 1. The number of rotatable bonds is 7. The topological polar surface area (TPSA) is 57.2 Å². The SMILES string of the molecule is COc1ccc(CCN2C(=O)[C@H](Oc3ccc(Cl)cc3)[C@@H]2c2ccc3c(c2)OCO3)cc1. The third-order valence-corrected chi connectivity index (χ3v) is 6.02. The fourth-order valence-electron chi connectivity index (χ4n) is 4.03. The van der Waals surface area contributed by atoms with Crippen molar-refractivity contribution >= 4 is 17.5 Å². The fourth-order valence-corrected chi connectivity index (χ4v) is 4.16. The number of carbonyl (C=O) groups is 1. The van der Waals surface area contributed by atoms with Crippen LogP contribution in [0.5, 0.6) is 23.0 Å². The zero-order valence-corrected chi connectivity index (χ0v) is 18.2. The summed E-state index contributed by atoms with van der Waals surface area (Å²) in [5, 5.41) is 0.616. The minimum Gasteiger partial charge on any atom is -0.497 e. The molecule has 32 heavy (non-hydrogen) atoms. The summed E-state index contributed by atoms with van der Waals surface area (Å²) in [4.78, 5) is 14.9. The molecule has 6 nitrogen and oxygen atoms in total. The van der Waals surface area contributed by atoms with Crippen LogP contribution in [0.2, 0.25) is 5.02 Å². The Bertz CT molecular complexity index is 1120. The molecule has 0 unspecified atom stereocenters. The van der Waals surface area contributed by atoms with Crippen LogP contribution in [0.3, 0.4) is 0 Å². The third-order valence-electron chi connectivity index (χ3n) is 5.76. The highest BCUT2D eigenvalue weighted by Crippen LogP contribution is 2.42. The zero-order chi connectivity index (χ0) is 22.1. The predicted molar refractivity (Wildman–Crippen MR) is 120 cm³/mol. The Kier molecular flexibility index (Phi) is 5.53. The highest BCUT2D eigenvalue weighted by Gasteiger charge is 2.50. The number of ether oxygens (including phenoxy) is 4. The maximum atomic E-state index is 13.1. The van der Waals surface area contributed by atoms with E-state index in [0.29, 0.717) is 28.8 Å². The number of carbonyl (C=O) groups excluding carboxylic acids is 1. The molecule has 164 valence electrons. The summed E-state index contributed by atoms with van der Waals surface area (Å²) in [5.41, 5.74) is 2.08. The van der Waals surface area contributed by atoms with E-state index < -0.39 is 6.10 Å². The van der Waals surface area contributed by atoms with E-state index in [1.54, 1.807) is 31.4 Å². The van der Waals surface area contributed by atoms with Crippen LogP contribution in [0.4, 0.5) is 0 Å². The van der Waals surface area contributed by atoms with Gasteiger partial charge >= 0.3 is 0 Å². The van der Waals surface area contributed by atoms with Crippen molar-refractivity contribution < 1.29 is 23.7 Å². The van der Waals surface area contributed by atoms with Gasteiger partial charge in [0.25, 0.3) is 5.91 Å². The molecular weight excluding hydrogens is 430 g/mol. The molecule has 2 heterocycles. The van der Waals surface area contributed by atoms with Crippen molar-refractivity contribution in [3.8, 4) is 23.0 Å². The number of hydrogen-bond donors (Lipinski definition) is 0. The second kappa shape index (κ2) is 8.63. The molecule has 0 saturated carbocycles. The van der Waals surface area contributed by atoms with Gasteiger partial charge in [0.2, 0.25) is 12.9 Å². The minimum atomic E-state index is -0.618. The van der Waals surface area contributed by atoms with Crippen LogP contribution in [-0.4, -0.2) is 37.4 Å².